The Hall–Kier alpha value is -1.88. The van der Waals surface area contributed by atoms with Crippen molar-refractivity contribution in [1.29, 1.82) is 0 Å². The second-order valence-electron chi connectivity index (χ2n) is 12.3. The Balaban J connectivity index is 3.57. The minimum absolute atomic E-state index is 0.0752. The van der Waals surface area contributed by atoms with Crippen LogP contribution in [0, 0.1) is 0 Å². The fourth-order valence-corrected chi connectivity index (χ4v) is 5.16. The molecule has 0 rings (SSSR count). The first-order chi connectivity index (χ1) is 21.6. The van der Waals surface area contributed by atoms with Crippen molar-refractivity contribution in [3.05, 3.63) is 36.5 Å². The first-order valence-corrected chi connectivity index (χ1v) is 18.5. The average Bonchev–Trinajstić information content (AvgIpc) is 3.02. The van der Waals surface area contributed by atoms with Crippen molar-refractivity contribution in [2.75, 3.05) is 13.2 Å². The fourth-order valence-electron chi connectivity index (χ4n) is 5.16. The third kappa shape index (κ3) is 33.0. The van der Waals surface area contributed by atoms with Crippen LogP contribution in [0.3, 0.4) is 0 Å². The van der Waals surface area contributed by atoms with E-state index in [-0.39, 0.29) is 25.2 Å². The summed E-state index contributed by atoms with van der Waals surface area (Å²) in [5.74, 6) is -0.622. The molecule has 1 unspecified atom stereocenters. The van der Waals surface area contributed by atoms with E-state index in [1.54, 1.807) is 0 Å². The third-order valence-corrected chi connectivity index (χ3v) is 7.95. The number of allylic oxidation sites excluding steroid dienone is 6. The van der Waals surface area contributed by atoms with E-state index in [2.05, 4.69) is 50.3 Å². The second kappa shape index (κ2) is 35.6. The van der Waals surface area contributed by atoms with Gasteiger partial charge in [0.15, 0.2) is 6.10 Å². The lowest BCUT2D eigenvalue weighted by Crippen LogP contribution is -2.28. The number of rotatable bonds is 33. The van der Waals surface area contributed by atoms with E-state index < -0.39 is 6.10 Å². The Labute approximate surface area is 272 Å². The smallest absolute Gasteiger partial charge is 0.306 e. The summed E-state index contributed by atoms with van der Waals surface area (Å²) < 4.78 is 10.6. The Morgan fingerprint density at radius 1 is 0.545 bits per heavy atom. The van der Waals surface area contributed by atoms with Gasteiger partial charge in [-0.25, -0.2) is 0 Å². The summed E-state index contributed by atoms with van der Waals surface area (Å²) >= 11 is 0. The molecule has 0 aromatic rings. The molecule has 0 aromatic heterocycles. The lowest BCUT2D eigenvalue weighted by Gasteiger charge is -2.15. The van der Waals surface area contributed by atoms with Crippen LogP contribution < -0.4 is 0 Å². The largest absolute Gasteiger partial charge is 0.462 e. The van der Waals surface area contributed by atoms with Gasteiger partial charge in [-0.3, -0.25) is 9.59 Å². The summed E-state index contributed by atoms with van der Waals surface area (Å²) in [6, 6.07) is 0. The van der Waals surface area contributed by atoms with Crippen LogP contribution in [0.5, 0.6) is 0 Å². The number of aliphatic hydroxyl groups excluding tert-OH is 1. The minimum atomic E-state index is -0.782. The monoisotopic (exact) mass is 619 g/mol. The molecule has 0 saturated heterocycles. The van der Waals surface area contributed by atoms with E-state index in [4.69, 9.17) is 9.47 Å². The summed E-state index contributed by atoms with van der Waals surface area (Å²) in [7, 11) is 0. The minimum Gasteiger partial charge on any atom is -0.462 e. The van der Waals surface area contributed by atoms with Crippen LogP contribution in [0.2, 0.25) is 0 Å². The number of carbonyl (C=O) groups excluding carboxylic acids is 2. The van der Waals surface area contributed by atoms with Crippen LogP contribution in [0.25, 0.3) is 0 Å². The summed E-state index contributed by atoms with van der Waals surface area (Å²) in [4.78, 5) is 24.2. The van der Waals surface area contributed by atoms with Gasteiger partial charge in [-0.1, -0.05) is 159 Å². The van der Waals surface area contributed by atoms with Crippen LogP contribution in [-0.4, -0.2) is 36.4 Å². The quantitative estimate of drug-likeness (QED) is 0.0450. The molecule has 0 heterocycles. The Kier molecular flexibility index (Phi) is 34.1. The number of hydrogen-bond acceptors (Lipinski definition) is 5. The maximum atomic E-state index is 12.1. The predicted molar refractivity (Wildman–Crippen MR) is 187 cm³/mol. The molecule has 0 spiro atoms. The molecule has 5 heteroatoms. The van der Waals surface area contributed by atoms with E-state index in [1.807, 2.05) is 0 Å². The van der Waals surface area contributed by atoms with Crippen molar-refractivity contribution in [1.82, 2.24) is 0 Å². The number of unbranched alkanes of at least 4 members (excludes halogenated alkanes) is 19. The van der Waals surface area contributed by atoms with Crippen molar-refractivity contribution < 1.29 is 24.2 Å². The molecule has 0 aromatic carbocycles. The van der Waals surface area contributed by atoms with E-state index in [0.717, 1.165) is 64.2 Å². The third-order valence-electron chi connectivity index (χ3n) is 7.95. The highest BCUT2D eigenvalue weighted by Gasteiger charge is 2.16. The Bertz CT molecular complexity index is 711. The number of esters is 2. The van der Waals surface area contributed by atoms with Crippen molar-refractivity contribution >= 4 is 11.9 Å². The highest BCUT2D eigenvalue weighted by molar-refractivity contribution is 5.70. The maximum absolute atomic E-state index is 12.1. The average molecular weight is 619 g/mol. The summed E-state index contributed by atoms with van der Waals surface area (Å²) in [6.07, 6.45) is 42.0. The van der Waals surface area contributed by atoms with Gasteiger partial charge in [0.25, 0.3) is 0 Å². The molecule has 0 bridgehead atoms. The molecule has 1 N–H and O–H groups in total. The zero-order chi connectivity index (χ0) is 32.2. The van der Waals surface area contributed by atoms with Gasteiger partial charge in [0.05, 0.1) is 6.61 Å². The van der Waals surface area contributed by atoms with Crippen LogP contribution in [-0.2, 0) is 19.1 Å². The SMILES string of the molecule is CC/C=C\C/C=C\C/C=C\CCCCCC(=O)OC(CO)COC(=O)CCCCCCCCCCCCCCCCCCC. The van der Waals surface area contributed by atoms with Gasteiger partial charge in [-0.15, -0.1) is 0 Å². The zero-order valence-corrected chi connectivity index (χ0v) is 28.9. The standard InChI is InChI=1S/C39H70O5/c1-3-5-7-9-11-13-15-17-18-19-20-22-23-25-27-29-31-33-38(41)43-36-37(35-40)44-39(42)34-32-30-28-26-24-21-16-14-12-10-8-6-4-2/h6,8,12,14,21,24,37,40H,3-5,7,9-11,13,15-20,22-23,25-36H2,1-2H3/b8-6-,14-12-,24-21-. The van der Waals surface area contributed by atoms with Crippen molar-refractivity contribution in [3.8, 4) is 0 Å². The molecule has 0 amide bonds. The topological polar surface area (TPSA) is 72.8 Å². The molecular weight excluding hydrogens is 548 g/mol. The molecule has 0 radical (unpaired) electrons. The van der Waals surface area contributed by atoms with Gasteiger partial charge in [-0.2, -0.15) is 0 Å². The van der Waals surface area contributed by atoms with Crippen LogP contribution >= 0.6 is 0 Å². The lowest BCUT2D eigenvalue weighted by atomic mass is 10.0. The molecule has 0 saturated carbocycles. The van der Waals surface area contributed by atoms with Crippen molar-refractivity contribution in [3.63, 3.8) is 0 Å². The first kappa shape index (κ1) is 42.1. The molecular formula is C39H70O5. The van der Waals surface area contributed by atoms with Crippen LogP contribution in [0.4, 0.5) is 0 Å². The molecule has 1 atom stereocenters. The number of ether oxygens (including phenoxy) is 2. The van der Waals surface area contributed by atoms with Gasteiger partial charge >= 0.3 is 11.9 Å². The van der Waals surface area contributed by atoms with Gasteiger partial charge in [0.1, 0.15) is 6.61 Å². The first-order valence-electron chi connectivity index (χ1n) is 18.5. The van der Waals surface area contributed by atoms with Crippen LogP contribution in [0.15, 0.2) is 36.5 Å². The number of aliphatic hydroxyl groups is 1. The lowest BCUT2D eigenvalue weighted by molar-refractivity contribution is -0.161. The van der Waals surface area contributed by atoms with Crippen LogP contribution in [0.1, 0.15) is 181 Å². The summed E-state index contributed by atoms with van der Waals surface area (Å²) in [5.41, 5.74) is 0. The Morgan fingerprint density at radius 2 is 0.977 bits per heavy atom. The van der Waals surface area contributed by atoms with Gasteiger partial charge in [0.2, 0.25) is 0 Å². The Morgan fingerprint density at radius 3 is 1.48 bits per heavy atom. The van der Waals surface area contributed by atoms with E-state index in [0.29, 0.717) is 12.8 Å². The molecule has 0 aliphatic rings. The maximum Gasteiger partial charge on any atom is 0.306 e. The van der Waals surface area contributed by atoms with Crippen molar-refractivity contribution in [2.45, 2.75) is 187 Å². The van der Waals surface area contributed by atoms with E-state index in [9.17, 15) is 14.7 Å². The number of carbonyl (C=O) groups is 2. The van der Waals surface area contributed by atoms with Gasteiger partial charge < -0.3 is 14.6 Å². The molecule has 0 aliphatic heterocycles. The van der Waals surface area contributed by atoms with Gasteiger partial charge in [-0.05, 0) is 44.9 Å². The molecule has 5 nitrogen and oxygen atoms in total. The summed E-state index contributed by atoms with van der Waals surface area (Å²) in [5, 5.41) is 9.52. The zero-order valence-electron chi connectivity index (χ0n) is 28.9. The normalized spacial score (nSPS) is 12.5. The fraction of sp³-hybridized carbons (Fsp3) is 0.795. The predicted octanol–water partition coefficient (Wildman–Crippen LogP) is 11.3. The van der Waals surface area contributed by atoms with Crippen molar-refractivity contribution in [2.24, 2.45) is 0 Å². The molecule has 44 heavy (non-hydrogen) atoms. The van der Waals surface area contributed by atoms with E-state index >= 15 is 0 Å². The van der Waals surface area contributed by atoms with Gasteiger partial charge in [0, 0.05) is 12.8 Å². The van der Waals surface area contributed by atoms with E-state index in [1.165, 1.54) is 89.9 Å². The second-order valence-corrected chi connectivity index (χ2v) is 12.3. The highest BCUT2D eigenvalue weighted by Crippen LogP contribution is 2.14. The summed E-state index contributed by atoms with van der Waals surface area (Å²) in [6.45, 7) is 4.00. The molecule has 0 aliphatic carbocycles. The highest BCUT2D eigenvalue weighted by atomic mass is 16.6. The number of hydrogen-bond donors (Lipinski definition) is 1. The molecule has 0 fully saturated rings. The molecule has 256 valence electrons.